The van der Waals surface area contributed by atoms with E-state index in [1.54, 1.807) is 24.3 Å². The van der Waals surface area contributed by atoms with Crippen molar-refractivity contribution in [1.82, 2.24) is 14.9 Å². The van der Waals surface area contributed by atoms with Gasteiger partial charge in [0.05, 0.1) is 23.9 Å². The third-order valence-corrected chi connectivity index (χ3v) is 6.49. The summed E-state index contributed by atoms with van der Waals surface area (Å²) in [5.41, 5.74) is 1.24. The number of ether oxygens (including phenoxy) is 1. The van der Waals surface area contributed by atoms with Gasteiger partial charge in [-0.15, -0.1) is 11.3 Å². The Morgan fingerprint density at radius 1 is 1.29 bits per heavy atom. The van der Waals surface area contributed by atoms with Crippen LogP contribution in [0.3, 0.4) is 0 Å². The summed E-state index contributed by atoms with van der Waals surface area (Å²) in [5, 5.41) is 3.37. The standard InChI is InChI=1S/C22H24N4O4S/c1-4-9-23-20(28)17-10-26(15-7-5-6-8-16(15)30-17)18(27)11-25-12-24-21-19(22(25)29)13(2)14(3)31-21/h5-8,12,17H,4,9-11H2,1-3H3,(H,23,28)/t17-/m0/s1. The Labute approximate surface area is 183 Å². The number of nitrogens with zero attached hydrogens (tertiary/aromatic N) is 3. The number of thiophene rings is 1. The van der Waals surface area contributed by atoms with Crippen molar-refractivity contribution in [2.75, 3.05) is 18.0 Å². The van der Waals surface area contributed by atoms with E-state index in [1.807, 2.05) is 20.8 Å². The van der Waals surface area contributed by atoms with E-state index in [9.17, 15) is 14.4 Å². The SMILES string of the molecule is CCCNC(=O)[C@@H]1CN(C(=O)Cn2cnc3sc(C)c(C)c3c2=O)c2ccccc2O1. The van der Waals surface area contributed by atoms with Crippen molar-refractivity contribution < 1.29 is 14.3 Å². The topological polar surface area (TPSA) is 93.5 Å². The predicted molar refractivity (Wildman–Crippen MR) is 120 cm³/mol. The second-order valence-electron chi connectivity index (χ2n) is 7.51. The summed E-state index contributed by atoms with van der Waals surface area (Å²) < 4.78 is 7.16. The van der Waals surface area contributed by atoms with E-state index < -0.39 is 6.10 Å². The Morgan fingerprint density at radius 2 is 2.06 bits per heavy atom. The van der Waals surface area contributed by atoms with Crippen LogP contribution in [-0.2, 0) is 16.1 Å². The second kappa shape index (κ2) is 8.50. The summed E-state index contributed by atoms with van der Waals surface area (Å²) in [5.74, 6) is -0.111. The molecule has 2 aromatic heterocycles. The van der Waals surface area contributed by atoms with Gasteiger partial charge in [0.25, 0.3) is 11.5 Å². The molecule has 31 heavy (non-hydrogen) atoms. The molecule has 1 aromatic carbocycles. The highest BCUT2D eigenvalue weighted by Crippen LogP contribution is 2.33. The number of carbonyl (C=O) groups excluding carboxylic acids is 2. The minimum atomic E-state index is -0.815. The Hall–Kier alpha value is -3.20. The van der Waals surface area contributed by atoms with Crippen LogP contribution in [0.25, 0.3) is 10.2 Å². The van der Waals surface area contributed by atoms with Crippen LogP contribution in [0.15, 0.2) is 35.4 Å². The molecule has 4 rings (SSSR count). The number of nitrogens with one attached hydrogen (secondary N) is 1. The number of carbonyl (C=O) groups is 2. The molecule has 1 aliphatic rings. The van der Waals surface area contributed by atoms with Crippen molar-refractivity contribution in [3.8, 4) is 5.75 Å². The molecule has 1 atom stereocenters. The average Bonchev–Trinajstić information content (AvgIpc) is 3.07. The first kappa shape index (κ1) is 21.0. The van der Waals surface area contributed by atoms with Crippen molar-refractivity contribution in [1.29, 1.82) is 0 Å². The quantitative estimate of drug-likeness (QED) is 0.658. The number of para-hydroxylation sites is 2. The summed E-state index contributed by atoms with van der Waals surface area (Å²) in [6.45, 7) is 6.24. The fourth-order valence-electron chi connectivity index (χ4n) is 3.58. The number of aromatic nitrogens is 2. The fraction of sp³-hybridized carbons (Fsp3) is 0.364. The molecule has 8 nitrogen and oxygen atoms in total. The summed E-state index contributed by atoms with van der Waals surface area (Å²) in [7, 11) is 0. The zero-order chi connectivity index (χ0) is 22.1. The van der Waals surface area contributed by atoms with Crippen LogP contribution in [0.1, 0.15) is 23.8 Å². The number of hydrogen-bond donors (Lipinski definition) is 1. The number of benzene rings is 1. The van der Waals surface area contributed by atoms with E-state index in [-0.39, 0.29) is 30.5 Å². The van der Waals surface area contributed by atoms with E-state index in [4.69, 9.17) is 4.74 Å². The monoisotopic (exact) mass is 440 g/mol. The molecule has 0 bridgehead atoms. The van der Waals surface area contributed by atoms with Gasteiger partial charge in [0, 0.05) is 11.4 Å². The number of aryl methyl sites for hydroxylation is 2. The third kappa shape index (κ3) is 3.93. The van der Waals surface area contributed by atoms with Gasteiger partial charge in [0.1, 0.15) is 17.1 Å². The first-order chi connectivity index (χ1) is 14.9. The Kier molecular flexibility index (Phi) is 5.77. The number of amides is 2. The number of anilines is 1. The van der Waals surface area contributed by atoms with Crippen LogP contribution in [-0.4, -0.2) is 40.6 Å². The van der Waals surface area contributed by atoms with Gasteiger partial charge in [-0.05, 0) is 38.0 Å². The molecule has 0 spiro atoms. The lowest BCUT2D eigenvalue weighted by molar-refractivity contribution is -0.128. The molecule has 0 saturated heterocycles. The normalized spacial score (nSPS) is 15.5. The molecule has 162 valence electrons. The maximum atomic E-state index is 13.2. The number of hydrogen-bond acceptors (Lipinski definition) is 6. The molecule has 0 fully saturated rings. The largest absolute Gasteiger partial charge is 0.477 e. The fourth-order valence-corrected chi connectivity index (χ4v) is 4.57. The highest BCUT2D eigenvalue weighted by molar-refractivity contribution is 7.18. The Morgan fingerprint density at radius 3 is 2.84 bits per heavy atom. The molecule has 0 radical (unpaired) electrons. The second-order valence-corrected chi connectivity index (χ2v) is 8.71. The third-order valence-electron chi connectivity index (χ3n) is 5.38. The van der Waals surface area contributed by atoms with Crippen LogP contribution in [0, 0.1) is 13.8 Å². The van der Waals surface area contributed by atoms with Crippen LogP contribution in [0.2, 0.25) is 0 Å². The molecule has 0 unspecified atom stereocenters. The Balaban J connectivity index is 1.63. The lowest BCUT2D eigenvalue weighted by Crippen LogP contribution is -2.51. The lowest BCUT2D eigenvalue weighted by atomic mass is 10.1. The molecular weight excluding hydrogens is 416 g/mol. The minimum Gasteiger partial charge on any atom is -0.477 e. The van der Waals surface area contributed by atoms with Crippen molar-refractivity contribution >= 4 is 39.1 Å². The van der Waals surface area contributed by atoms with Gasteiger partial charge in [0.2, 0.25) is 5.91 Å². The molecular formula is C22H24N4O4S. The highest BCUT2D eigenvalue weighted by Gasteiger charge is 2.33. The van der Waals surface area contributed by atoms with Crippen molar-refractivity contribution in [3.05, 3.63) is 51.4 Å². The van der Waals surface area contributed by atoms with Gasteiger partial charge in [-0.1, -0.05) is 19.1 Å². The molecule has 0 saturated carbocycles. The number of rotatable bonds is 5. The van der Waals surface area contributed by atoms with Crippen molar-refractivity contribution in [3.63, 3.8) is 0 Å². The minimum absolute atomic E-state index is 0.0758. The van der Waals surface area contributed by atoms with E-state index >= 15 is 0 Å². The smallest absolute Gasteiger partial charge is 0.262 e. The average molecular weight is 441 g/mol. The van der Waals surface area contributed by atoms with E-state index in [2.05, 4.69) is 10.3 Å². The molecule has 3 heterocycles. The first-order valence-electron chi connectivity index (χ1n) is 10.2. The Bertz CT molecular complexity index is 1220. The molecule has 3 aromatic rings. The van der Waals surface area contributed by atoms with Gasteiger partial charge in [-0.2, -0.15) is 0 Å². The highest BCUT2D eigenvalue weighted by atomic mass is 32.1. The van der Waals surface area contributed by atoms with Gasteiger partial charge in [0.15, 0.2) is 6.10 Å². The van der Waals surface area contributed by atoms with Gasteiger partial charge in [-0.25, -0.2) is 4.98 Å². The molecule has 1 aliphatic heterocycles. The summed E-state index contributed by atoms with van der Waals surface area (Å²) in [6.07, 6.45) is 1.40. The van der Waals surface area contributed by atoms with Gasteiger partial charge >= 0.3 is 0 Å². The van der Waals surface area contributed by atoms with E-state index in [1.165, 1.54) is 27.1 Å². The maximum Gasteiger partial charge on any atom is 0.262 e. The van der Waals surface area contributed by atoms with E-state index in [0.717, 1.165) is 16.9 Å². The van der Waals surface area contributed by atoms with Gasteiger partial charge < -0.3 is 15.0 Å². The zero-order valence-corrected chi connectivity index (χ0v) is 18.5. The van der Waals surface area contributed by atoms with E-state index in [0.29, 0.717) is 28.2 Å². The maximum absolute atomic E-state index is 13.2. The van der Waals surface area contributed by atoms with Crippen molar-refractivity contribution in [2.24, 2.45) is 0 Å². The van der Waals surface area contributed by atoms with Gasteiger partial charge in [-0.3, -0.25) is 19.0 Å². The molecule has 9 heteroatoms. The van der Waals surface area contributed by atoms with Crippen LogP contribution in [0.4, 0.5) is 5.69 Å². The van der Waals surface area contributed by atoms with Crippen LogP contribution < -0.4 is 20.5 Å². The molecule has 2 amide bonds. The predicted octanol–water partition coefficient (Wildman–Crippen LogP) is 2.40. The summed E-state index contributed by atoms with van der Waals surface area (Å²) >= 11 is 1.47. The molecule has 0 aliphatic carbocycles. The van der Waals surface area contributed by atoms with Crippen molar-refractivity contribution in [2.45, 2.75) is 39.8 Å². The van der Waals surface area contributed by atoms with Crippen LogP contribution in [0.5, 0.6) is 5.75 Å². The van der Waals surface area contributed by atoms with Crippen LogP contribution >= 0.6 is 11.3 Å². The zero-order valence-electron chi connectivity index (χ0n) is 17.7. The first-order valence-corrected chi connectivity index (χ1v) is 11.0. The summed E-state index contributed by atoms with van der Waals surface area (Å²) in [6, 6.07) is 7.09. The summed E-state index contributed by atoms with van der Waals surface area (Å²) in [4.78, 5) is 46.3. The number of fused-ring (bicyclic) bond motifs is 2. The lowest BCUT2D eigenvalue weighted by Gasteiger charge is -2.34. The molecule has 1 N–H and O–H groups in total.